The Morgan fingerprint density at radius 1 is 0.923 bits per heavy atom. The molecular formula is C7H4BrF4P. The summed E-state index contributed by atoms with van der Waals surface area (Å²) in [6.45, 7) is 0. The Labute approximate surface area is 82.7 Å². The highest BCUT2D eigenvalue weighted by molar-refractivity contribution is 9.08. The van der Waals surface area contributed by atoms with Gasteiger partial charge in [0.25, 0.3) is 0 Å². The van der Waals surface area contributed by atoms with E-state index in [9.17, 15) is 17.6 Å². The molecule has 1 aromatic rings. The highest BCUT2D eigenvalue weighted by Gasteiger charge is 2.21. The van der Waals surface area contributed by atoms with E-state index in [2.05, 4.69) is 15.9 Å². The molecule has 72 valence electrons. The predicted molar refractivity (Wildman–Crippen MR) is 48.2 cm³/mol. The van der Waals surface area contributed by atoms with Gasteiger partial charge in [-0.2, -0.15) is 0 Å². The lowest BCUT2D eigenvalue weighted by Gasteiger charge is -2.06. The minimum absolute atomic E-state index is 0.274. The Hall–Kier alpha value is -0.150. The van der Waals surface area contributed by atoms with Gasteiger partial charge in [-0.1, -0.05) is 25.2 Å². The zero-order chi connectivity index (χ0) is 10.2. The minimum atomic E-state index is -1.38. The molecule has 13 heavy (non-hydrogen) atoms. The van der Waals surface area contributed by atoms with Crippen molar-refractivity contribution in [3.8, 4) is 0 Å². The minimum Gasteiger partial charge on any atom is -0.203 e. The molecule has 0 spiro atoms. The molecule has 0 aromatic heterocycles. The second-order valence-corrected chi connectivity index (χ2v) is 3.42. The monoisotopic (exact) mass is 274 g/mol. The van der Waals surface area contributed by atoms with Crippen LogP contribution in [0.15, 0.2) is 0 Å². The molecule has 0 radical (unpaired) electrons. The van der Waals surface area contributed by atoms with Gasteiger partial charge in [0.15, 0.2) is 23.3 Å². The summed E-state index contributed by atoms with van der Waals surface area (Å²) in [6, 6.07) is 0. The number of hydrogen-bond donors (Lipinski definition) is 0. The first-order valence-corrected chi connectivity index (χ1v) is 4.86. The van der Waals surface area contributed by atoms with E-state index in [1.54, 1.807) is 9.24 Å². The molecule has 0 saturated carbocycles. The van der Waals surface area contributed by atoms with E-state index >= 15 is 0 Å². The summed E-state index contributed by atoms with van der Waals surface area (Å²) in [5.74, 6) is -5.47. The fourth-order valence-electron chi connectivity index (χ4n) is 0.811. The Kier molecular flexibility index (Phi) is 3.30. The summed E-state index contributed by atoms with van der Waals surface area (Å²) in [7, 11) is 1.61. The van der Waals surface area contributed by atoms with Crippen molar-refractivity contribution in [3.05, 3.63) is 28.8 Å². The van der Waals surface area contributed by atoms with E-state index in [1.165, 1.54) is 0 Å². The van der Waals surface area contributed by atoms with Crippen molar-refractivity contribution < 1.29 is 17.6 Å². The molecule has 0 bridgehead atoms. The molecule has 0 aliphatic carbocycles. The Morgan fingerprint density at radius 3 is 1.62 bits per heavy atom. The van der Waals surface area contributed by atoms with Gasteiger partial charge in [-0.3, -0.25) is 0 Å². The highest BCUT2D eigenvalue weighted by atomic mass is 79.9. The molecule has 6 heteroatoms. The maximum atomic E-state index is 12.9. The van der Waals surface area contributed by atoms with Crippen molar-refractivity contribution >= 4 is 30.5 Å². The van der Waals surface area contributed by atoms with Crippen LogP contribution in [-0.4, -0.2) is 0 Å². The Balaban J connectivity index is 3.56. The maximum Gasteiger partial charge on any atom is 0.169 e. The molecule has 0 amide bonds. The number of hydrogen-bond acceptors (Lipinski definition) is 0. The largest absolute Gasteiger partial charge is 0.203 e. The zero-order valence-electron chi connectivity index (χ0n) is 6.17. The predicted octanol–water partition coefficient (Wildman–Crippen LogP) is 2.64. The molecule has 0 saturated heterocycles. The molecule has 0 heterocycles. The summed E-state index contributed by atoms with van der Waals surface area (Å²) < 4.78 is 51.3. The van der Waals surface area contributed by atoms with Crippen LogP contribution in [0.5, 0.6) is 0 Å². The van der Waals surface area contributed by atoms with Gasteiger partial charge in [0.05, 0.1) is 0 Å². The van der Waals surface area contributed by atoms with Crippen molar-refractivity contribution in [3.63, 3.8) is 0 Å². The van der Waals surface area contributed by atoms with Gasteiger partial charge in [0, 0.05) is 16.2 Å². The van der Waals surface area contributed by atoms with Crippen LogP contribution in [0.25, 0.3) is 0 Å². The topological polar surface area (TPSA) is 0 Å². The van der Waals surface area contributed by atoms with Crippen LogP contribution in [0.1, 0.15) is 5.56 Å². The summed E-state index contributed by atoms with van der Waals surface area (Å²) in [5.41, 5.74) is -0.638. The fourth-order valence-corrected chi connectivity index (χ4v) is 1.56. The van der Waals surface area contributed by atoms with Crippen molar-refractivity contribution in [2.45, 2.75) is 5.33 Å². The Morgan fingerprint density at radius 2 is 1.31 bits per heavy atom. The van der Waals surface area contributed by atoms with Gasteiger partial charge in [-0.25, -0.2) is 17.6 Å². The van der Waals surface area contributed by atoms with Crippen LogP contribution in [0.4, 0.5) is 17.6 Å². The average molecular weight is 275 g/mol. The Bertz CT molecular complexity index is 324. The fraction of sp³-hybridized carbons (Fsp3) is 0.143. The van der Waals surface area contributed by atoms with Gasteiger partial charge in [-0.05, 0) is 0 Å². The van der Waals surface area contributed by atoms with Crippen LogP contribution >= 0.6 is 25.2 Å². The standard InChI is InChI=1S/C7H4BrF4P/c8-1-2-3(9)5(11)7(13)6(12)4(2)10/h1,13H2. The van der Waals surface area contributed by atoms with Gasteiger partial charge in [0.2, 0.25) is 0 Å². The second-order valence-electron chi connectivity index (χ2n) is 2.28. The van der Waals surface area contributed by atoms with E-state index in [0.717, 1.165) is 0 Å². The van der Waals surface area contributed by atoms with Gasteiger partial charge in [0.1, 0.15) is 0 Å². The van der Waals surface area contributed by atoms with Crippen LogP contribution in [0.3, 0.4) is 0 Å². The van der Waals surface area contributed by atoms with Gasteiger partial charge >= 0.3 is 0 Å². The van der Waals surface area contributed by atoms with E-state index < -0.39 is 34.1 Å². The van der Waals surface area contributed by atoms with Crippen LogP contribution < -0.4 is 5.30 Å². The molecule has 0 aliphatic heterocycles. The molecule has 1 atom stereocenters. The molecular weight excluding hydrogens is 271 g/mol. The normalized spacial score (nSPS) is 10.6. The lowest BCUT2D eigenvalue weighted by molar-refractivity contribution is 0.454. The first-order valence-electron chi connectivity index (χ1n) is 3.17. The van der Waals surface area contributed by atoms with Crippen LogP contribution in [0, 0.1) is 23.3 Å². The third-order valence-corrected chi connectivity index (χ3v) is 2.59. The summed E-state index contributed by atoms with van der Waals surface area (Å²) in [4.78, 5) is 0. The van der Waals surface area contributed by atoms with E-state index in [-0.39, 0.29) is 5.33 Å². The van der Waals surface area contributed by atoms with Gasteiger partial charge < -0.3 is 0 Å². The zero-order valence-corrected chi connectivity index (χ0v) is 8.91. The average Bonchev–Trinajstić information content (AvgIpc) is 2.13. The number of alkyl halides is 1. The third kappa shape index (κ3) is 1.72. The molecule has 1 aromatic carbocycles. The van der Waals surface area contributed by atoms with Crippen LogP contribution in [0.2, 0.25) is 0 Å². The van der Waals surface area contributed by atoms with Crippen molar-refractivity contribution in [1.82, 2.24) is 0 Å². The van der Waals surface area contributed by atoms with E-state index in [0.29, 0.717) is 0 Å². The van der Waals surface area contributed by atoms with Crippen molar-refractivity contribution in [2.24, 2.45) is 0 Å². The van der Waals surface area contributed by atoms with Crippen molar-refractivity contribution in [1.29, 1.82) is 0 Å². The van der Waals surface area contributed by atoms with E-state index in [4.69, 9.17) is 0 Å². The SMILES string of the molecule is Fc1c(F)c(CBr)c(F)c(F)c1P. The quantitative estimate of drug-likeness (QED) is 0.320. The molecule has 0 fully saturated rings. The van der Waals surface area contributed by atoms with Crippen LogP contribution in [-0.2, 0) is 5.33 Å². The van der Waals surface area contributed by atoms with Gasteiger partial charge in [-0.15, -0.1) is 0 Å². The second kappa shape index (κ2) is 3.93. The molecule has 1 rings (SSSR count). The number of halogens is 5. The smallest absolute Gasteiger partial charge is 0.169 e. The molecule has 0 aliphatic rings. The van der Waals surface area contributed by atoms with Crippen molar-refractivity contribution in [2.75, 3.05) is 0 Å². The van der Waals surface area contributed by atoms with E-state index in [1.807, 2.05) is 0 Å². The summed E-state index contributed by atoms with van der Waals surface area (Å²) in [6.07, 6.45) is 0. The summed E-state index contributed by atoms with van der Waals surface area (Å²) >= 11 is 2.73. The first kappa shape index (κ1) is 10.9. The summed E-state index contributed by atoms with van der Waals surface area (Å²) in [5, 5.41) is -0.997. The third-order valence-electron chi connectivity index (χ3n) is 1.52. The molecule has 0 nitrogen and oxygen atoms in total. The molecule has 0 N–H and O–H groups in total. The number of rotatable bonds is 1. The highest BCUT2D eigenvalue weighted by Crippen LogP contribution is 2.21. The first-order chi connectivity index (χ1) is 6.00. The number of benzene rings is 1. The lowest BCUT2D eigenvalue weighted by Crippen LogP contribution is -2.14. The lowest BCUT2D eigenvalue weighted by atomic mass is 10.2. The maximum absolute atomic E-state index is 12.9. The molecule has 1 unspecified atom stereocenters.